The van der Waals surface area contributed by atoms with Crippen molar-refractivity contribution in [3.8, 4) is 0 Å². The monoisotopic (exact) mass is 408 g/mol. The van der Waals surface area contributed by atoms with Gasteiger partial charge in [-0.1, -0.05) is 0 Å². The Labute approximate surface area is 172 Å². The molecule has 30 heavy (non-hydrogen) atoms. The van der Waals surface area contributed by atoms with E-state index in [-0.39, 0.29) is 11.1 Å². The molecule has 0 spiro atoms. The first kappa shape index (κ1) is 18.5. The van der Waals surface area contributed by atoms with Crippen LogP contribution in [0.5, 0.6) is 0 Å². The van der Waals surface area contributed by atoms with Crippen LogP contribution in [0.1, 0.15) is 20.8 Å². The fourth-order valence-corrected chi connectivity index (χ4v) is 3.88. The highest BCUT2D eigenvalue weighted by Crippen LogP contribution is 2.24. The molecule has 1 aliphatic heterocycles. The van der Waals surface area contributed by atoms with Gasteiger partial charge in [0, 0.05) is 33.2 Å². The number of hydrogen-bond acceptors (Lipinski definition) is 8. The van der Waals surface area contributed by atoms with Crippen LogP contribution in [0.15, 0.2) is 23.5 Å². The Morgan fingerprint density at radius 2 is 1.63 bits per heavy atom. The van der Waals surface area contributed by atoms with Crippen LogP contribution in [-0.2, 0) is 12.6 Å². The molecule has 1 saturated heterocycles. The molecule has 156 valence electrons. The van der Waals surface area contributed by atoms with Gasteiger partial charge in [0.05, 0.1) is 23.3 Å². The van der Waals surface area contributed by atoms with E-state index >= 15 is 0 Å². The smallest absolute Gasteiger partial charge is 0.263 e. The Morgan fingerprint density at radius 3 is 2.37 bits per heavy atom. The van der Waals surface area contributed by atoms with E-state index in [9.17, 15) is 4.79 Å². The number of piperazine rings is 1. The lowest BCUT2D eigenvalue weighted by Gasteiger charge is -2.35. The molecule has 11 heteroatoms. The Morgan fingerprint density at radius 1 is 0.933 bits per heavy atom. The number of nitrogens with zero attached hydrogens (tertiary/aromatic N) is 9. The molecule has 5 rings (SSSR count). The highest BCUT2D eigenvalue weighted by Gasteiger charge is 2.25. The second-order valence-corrected chi connectivity index (χ2v) is 8.53. The standard InChI is InChI=1S/C19H24N10O/c1-19(2,3)29-16-13(10-23-29)17(30)25-18(24-16)28-7-5-27(6-8-28)15-12-9-22-26(4)14(12)20-11-21-15/h9-11H,5-8H2,1-4H3,(H,24,25,30). The van der Waals surface area contributed by atoms with E-state index in [1.165, 1.54) is 0 Å². The summed E-state index contributed by atoms with van der Waals surface area (Å²) in [5.41, 5.74) is 0.993. The van der Waals surface area contributed by atoms with Crippen molar-refractivity contribution in [3.05, 3.63) is 29.1 Å². The number of rotatable bonds is 2. The first-order valence-electron chi connectivity index (χ1n) is 9.94. The van der Waals surface area contributed by atoms with Gasteiger partial charge in [0.2, 0.25) is 5.95 Å². The molecule has 0 atom stereocenters. The van der Waals surface area contributed by atoms with Crippen LogP contribution >= 0.6 is 0 Å². The average Bonchev–Trinajstić information content (AvgIpc) is 3.32. The molecule has 0 aliphatic carbocycles. The summed E-state index contributed by atoms with van der Waals surface area (Å²) < 4.78 is 3.55. The van der Waals surface area contributed by atoms with Gasteiger partial charge < -0.3 is 9.80 Å². The summed E-state index contributed by atoms with van der Waals surface area (Å²) >= 11 is 0. The molecule has 0 aromatic carbocycles. The van der Waals surface area contributed by atoms with Crippen LogP contribution < -0.4 is 15.4 Å². The van der Waals surface area contributed by atoms with E-state index in [2.05, 4.69) is 34.9 Å². The summed E-state index contributed by atoms with van der Waals surface area (Å²) in [6.07, 6.45) is 4.96. The quantitative estimate of drug-likeness (QED) is 0.520. The molecule has 4 aromatic rings. The second-order valence-electron chi connectivity index (χ2n) is 8.53. The lowest BCUT2D eigenvalue weighted by atomic mass is 10.1. The number of H-pyrrole nitrogens is 1. The highest BCUT2D eigenvalue weighted by molar-refractivity contribution is 5.86. The van der Waals surface area contributed by atoms with Crippen molar-refractivity contribution in [2.75, 3.05) is 36.0 Å². The lowest BCUT2D eigenvalue weighted by Crippen LogP contribution is -2.47. The van der Waals surface area contributed by atoms with Crippen molar-refractivity contribution in [2.24, 2.45) is 7.05 Å². The van der Waals surface area contributed by atoms with Gasteiger partial charge in [-0.3, -0.25) is 14.5 Å². The maximum atomic E-state index is 12.6. The molecule has 0 radical (unpaired) electrons. The molecular weight excluding hydrogens is 384 g/mol. The average molecular weight is 408 g/mol. The third-order valence-electron chi connectivity index (χ3n) is 5.45. The molecule has 11 nitrogen and oxygen atoms in total. The van der Waals surface area contributed by atoms with Crippen LogP contribution in [0.4, 0.5) is 11.8 Å². The molecular formula is C19H24N10O. The fraction of sp³-hybridized carbons (Fsp3) is 0.474. The first-order chi connectivity index (χ1) is 14.3. The van der Waals surface area contributed by atoms with Crippen LogP contribution in [0, 0.1) is 0 Å². The molecule has 0 amide bonds. The van der Waals surface area contributed by atoms with E-state index < -0.39 is 0 Å². The summed E-state index contributed by atoms with van der Waals surface area (Å²) in [6.45, 7) is 9.06. The number of anilines is 2. The number of fused-ring (bicyclic) bond motifs is 2. The number of nitrogens with one attached hydrogen (secondary N) is 1. The predicted octanol–water partition coefficient (Wildman–Crippen LogP) is 0.878. The van der Waals surface area contributed by atoms with Gasteiger partial charge in [0.1, 0.15) is 17.5 Å². The van der Waals surface area contributed by atoms with Gasteiger partial charge in [-0.2, -0.15) is 15.2 Å². The van der Waals surface area contributed by atoms with Crippen molar-refractivity contribution in [3.63, 3.8) is 0 Å². The summed E-state index contributed by atoms with van der Waals surface area (Å²) in [7, 11) is 1.87. The van der Waals surface area contributed by atoms with Gasteiger partial charge >= 0.3 is 0 Å². The van der Waals surface area contributed by atoms with Gasteiger partial charge in [-0.05, 0) is 20.8 Å². The zero-order chi connectivity index (χ0) is 21.0. The number of aromatic nitrogens is 8. The zero-order valence-electron chi connectivity index (χ0n) is 17.5. The molecule has 0 bridgehead atoms. The molecule has 0 saturated carbocycles. The molecule has 5 heterocycles. The Hall–Kier alpha value is -3.50. The molecule has 0 unspecified atom stereocenters. The van der Waals surface area contributed by atoms with Crippen LogP contribution in [0.2, 0.25) is 0 Å². The van der Waals surface area contributed by atoms with Crippen molar-refractivity contribution in [2.45, 2.75) is 26.3 Å². The molecule has 4 aromatic heterocycles. The Balaban J connectivity index is 1.43. The first-order valence-corrected chi connectivity index (χ1v) is 9.94. The van der Waals surface area contributed by atoms with Gasteiger partial charge in [0.15, 0.2) is 11.3 Å². The lowest BCUT2D eigenvalue weighted by molar-refractivity contribution is 0.366. The minimum absolute atomic E-state index is 0.166. The van der Waals surface area contributed by atoms with E-state index in [1.54, 1.807) is 28.1 Å². The number of hydrogen-bond donors (Lipinski definition) is 1. The Kier molecular flexibility index (Phi) is 4.02. The number of aromatic amines is 1. The van der Waals surface area contributed by atoms with Crippen molar-refractivity contribution in [1.82, 2.24) is 39.5 Å². The van der Waals surface area contributed by atoms with Crippen LogP contribution in [-0.4, -0.2) is 65.7 Å². The third kappa shape index (κ3) is 2.88. The largest absolute Gasteiger partial charge is 0.352 e. The number of aryl methyl sites for hydroxylation is 1. The topological polar surface area (TPSA) is 114 Å². The molecule has 1 N–H and O–H groups in total. The SMILES string of the molecule is Cn1ncc2c(N3CCN(c4nc5c(cnn5C(C)(C)C)c(=O)[nH]4)CC3)ncnc21. The van der Waals surface area contributed by atoms with E-state index in [4.69, 9.17) is 4.98 Å². The molecule has 1 aliphatic rings. The van der Waals surface area contributed by atoms with E-state index in [0.717, 1.165) is 29.9 Å². The predicted molar refractivity (Wildman–Crippen MR) is 114 cm³/mol. The summed E-state index contributed by atoms with van der Waals surface area (Å²) in [6, 6.07) is 0. The van der Waals surface area contributed by atoms with Crippen LogP contribution in [0.25, 0.3) is 22.1 Å². The van der Waals surface area contributed by atoms with E-state index in [0.29, 0.717) is 30.1 Å². The zero-order valence-corrected chi connectivity index (χ0v) is 17.5. The molecule has 1 fully saturated rings. The minimum atomic E-state index is -0.263. The summed E-state index contributed by atoms with van der Waals surface area (Å²) in [5.74, 6) is 1.46. The minimum Gasteiger partial charge on any atom is -0.352 e. The van der Waals surface area contributed by atoms with Gasteiger partial charge in [-0.15, -0.1) is 0 Å². The van der Waals surface area contributed by atoms with Gasteiger partial charge in [0.25, 0.3) is 5.56 Å². The highest BCUT2D eigenvalue weighted by atomic mass is 16.1. The maximum Gasteiger partial charge on any atom is 0.263 e. The van der Waals surface area contributed by atoms with Crippen molar-refractivity contribution in [1.29, 1.82) is 0 Å². The van der Waals surface area contributed by atoms with Crippen molar-refractivity contribution < 1.29 is 0 Å². The van der Waals surface area contributed by atoms with E-state index in [1.807, 2.05) is 27.8 Å². The van der Waals surface area contributed by atoms with Crippen LogP contribution in [0.3, 0.4) is 0 Å². The second kappa shape index (κ2) is 6.51. The summed E-state index contributed by atoms with van der Waals surface area (Å²) in [5, 5.41) is 10.1. The van der Waals surface area contributed by atoms with Gasteiger partial charge in [-0.25, -0.2) is 14.6 Å². The maximum absolute atomic E-state index is 12.6. The summed E-state index contributed by atoms with van der Waals surface area (Å²) in [4.78, 5) is 33.4. The Bertz CT molecular complexity index is 1290. The normalized spacial score (nSPS) is 15.5. The van der Waals surface area contributed by atoms with Crippen molar-refractivity contribution >= 4 is 33.8 Å². The fourth-order valence-electron chi connectivity index (χ4n) is 3.88. The third-order valence-corrected chi connectivity index (χ3v) is 5.45.